The summed E-state index contributed by atoms with van der Waals surface area (Å²) in [6, 6.07) is 0. The van der Waals surface area contributed by atoms with Crippen LogP contribution in [0.25, 0.3) is 0 Å². The number of thioether (sulfide) groups is 1. The first-order valence-electron chi connectivity index (χ1n) is 6.33. The molecular formula is C11H22N6OS. The monoisotopic (exact) mass is 286 g/mol. The molecule has 8 heteroatoms. The summed E-state index contributed by atoms with van der Waals surface area (Å²) < 4.78 is 1.71. The molecular weight excluding hydrogens is 264 g/mol. The van der Waals surface area contributed by atoms with E-state index in [9.17, 15) is 4.79 Å². The van der Waals surface area contributed by atoms with Crippen LogP contribution in [0.3, 0.4) is 0 Å². The Hall–Kier alpha value is -1.15. The van der Waals surface area contributed by atoms with E-state index in [1.54, 1.807) is 4.68 Å². The molecule has 0 bridgehead atoms. The number of carbonyl (C=O) groups excluding carboxylic acids is 1. The van der Waals surface area contributed by atoms with Crippen molar-refractivity contribution in [2.24, 2.45) is 0 Å². The smallest absolute Gasteiger partial charge is 0.230 e. The molecule has 0 aliphatic carbocycles. The number of rotatable bonds is 7. The number of aromatic nitrogens is 4. The lowest BCUT2D eigenvalue weighted by Gasteiger charge is -2.20. The van der Waals surface area contributed by atoms with Crippen molar-refractivity contribution in [3.05, 3.63) is 0 Å². The minimum absolute atomic E-state index is 0.00475. The summed E-state index contributed by atoms with van der Waals surface area (Å²) in [7, 11) is 0. The first-order valence-corrected chi connectivity index (χ1v) is 7.31. The molecule has 108 valence electrons. The molecule has 1 amide bonds. The Bertz CT molecular complexity index is 400. The fourth-order valence-electron chi connectivity index (χ4n) is 1.36. The van der Waals surface area contributed by atoms with E-state index < -0.39 is 0 Å². The minimum atomic E-state index is -0.00475. The second-order valence-electron chi connectivity index (χ2n) is 5.10. The molecule has 1 aromatic rings. The first-order chi connectivity index (χ1) is 8.92. The van der Waals surface area contributed by atoms with E-state index in [1.807, 2.05) is 6.92 Å². The molecule has 1 rings (SSSR count). The highest BCUT2D eigenvalue weighted by atomic mass is 32.2. The van der Waals surface area contributed by atoms with Crippen LogP contribution >= 0.6 is 11.8 Å². The maximum atomic E-state index is 11.4. The lowest BCUT2D eigenvalue weighted by atomic mass is 10.1. The van der Waals surface area contributed by atoms with Crippen LogP contribution in [-0.2, 0) is 11.3 Å². The van der Waals surface area contributed by atoms with Gasteiger partial charge in [-0.25, -0.2) is 4.68 Å². The zero-order chi connectivity index (χ0) is 14.3. The van der Waals surface area contributed by atoms with E-state index in [1.165, 1.54) is 11.8 Å². The van der Waals surface area contributed by atoms with Crippen molar-refractivity contribution in [1.29, 1.82) is 0 Å². The molecule has 0 radical (unpaired) electrons. The zero-order valence-electron chi connectivity index (χ0n) is 11.9. The highest BCUT2D eigenvalue weighted by molar-refractivity contribution is 7.99. The first kappa shape index (κ1) is 15.9. The summed E-state index contributed by atoms with van der Waals surface area (Å²) in [6.45, 7) is 10.3. The Morgan fingerprint density at radius 3 is 2.79 bits per heavy atom. The summed E-state index contributed by atoms with van der Waals surface area (Å²) in [5, 5.41) is 18.3. The molecule has 0 aliphatic heterocycles. The van der Waals surface area contributed by atoms with Crippen molar-refractivity contribution in [3.63, 3.8) is 0 Å². The predicted octanol–water partition coefficient (Wildman–Crippen LogP) is 0.289. The summed E-state index contributed by atoms with van der Waals surface area (Å²) in [5.74, 6) is 0.329. The Balaban J connectivity index is 2.40. The molecule has 2 N–H and O–H groups in total. The molecule has 0 atom stereocenters. The fourth-order valence-corrected chi connectivity index (χ4v) is 2.09. The quantitative estimate of drug-likeness (QED) is 0.701. The van der Waals surface area contributed by atoms with Crippen LogP contribution in [0.2, 0.25) is 0 Å². The summed E-state index contributed by atoms with van der Waals surface area (Å²) in [4.78, 5) is 11.4. The number of hydrogen-bond acceptors (Lipinski definition) is 6. The topological polar surface area (TPSA) is 84.7 Å². The fraction of sp³-hybridized carbons (Fsp3) is 0.818. The van der Waals surface area contributed by atoms with Crippen molar-refractivity contribution in [3.8, 4) is 0 Å². The molecule has 0 fully saturated rings. The van der Waals surface area contributed by atoms with Crippen molar-refractivity contribution in [2.45, 2.75) is 44.9 Å². The third-order valence-electron chi connectivity index (χ3n) is 2.18. The van der Waals surface area contributed by atoms with E-state index >= 15 is 0 Å². The van der Waals surface area contributed by atoms with E-state index in [0.29, 0.717) is 24.0 Å². The van der Waals surface area contributed by atoms with E-state index in [4.69, 9.17) is 0 Å². The molecule has 0 saturated heterocycles. The third kappa shape index (κ3) is 6.53. The van der Waals surface area contributed by atoms with Crippen molar-refractivity contribution >= 4 is 17.7 Å². The highest BCUT2D eigenvalue weighted by Crippen LogP contribution is 2.12. The number of carbonyl (C=O) groups is 1. The van der Waals surface area contributed by atoms with Gasteiger partial charge >= 0.3 is 0 Å². The summed E-state index contributed by atoms with van der Waals surface area (Å²) in [5.41, 5.74) is 0.0718. The molecule has 0 spiro atoms. The molecule has 0 saturated carbocycles. The van der Waals surface area contributed by atoms with Crippen LogP contribution in [0, 0.1) is 0 Å². The second kappa shape index (κ2) is 7.44. The average molecular weight is 286 g/mol. The Morgan fingerprint density at radius 2 is 2.16 bits per heavy atom. The molecule has 0 aromatic carbocycles. The summed E-state index contributed by atoms with van der Waals surface area (Å²) >= 11 is 1.35. The third-order valence-corrected chi connectivity index (χ3v) is 3.14. The number of hydrogen-bond donors (Lipinski definition) is 2. The molecule has 0 unspecified atom stereocenters. The van der Waals surface area contributed by atoms with Crippen LogP contribution in [-0.4, -0.2) is 50.5 Å². The lowest BCUT2D eigenvalue weighted by Crippen LogP contribution is -2.38. The van der Waals surface area contributed by atoms with Gasteiger partial charge in [0.15, 0.2) is 0 Å². The van der Waals surface area contributed by atoms with Crippen molar-refractivity contribution in [2.75, 3.05) is 18.8 Å². The van der Waals surface area contributed by atoms with Gasteiger partial charge in [-0.2, -0.15) is 0 Å². The van der Waals surface area contributed by atoms with Crippen LogP contribution in [0.15, 0.2) is 5.16 Å². The van der Waals surface area contributed by atoms with Gasteiger partial charge in [0.25, 0.3) is 0 Å². The maximum Gasteiger partial charge on any atom is 0.230 e. The van der Waals surface area contributed by atoms with Gasteiger partial charge < -0.3 is 10.6 Å². The van der Waals surface area contributed by atoms with Crippen molar-refractivity contribution in [1.82, 2.24) is 30.8 Å². The second-order valence-corrected chi connectivity index (χ2v) is 6.05. The van der Waals surface area contributed by atoms with Gasteiger partial charge in [-0.15, -0.1) is 5.10 Å². The van der Waals surface area contributed by atoms with Gasteiger partial charge in [-0.1, -0.05) is 11.8 Å². The van der Waals surface area contributed by atoms with Gasteiger partial charge in [-0.3, -0.25) is 4.79 Å². The molecule has 1 heterocycles. The SMILES string of the molecule is CCNC(=O)CSc1nnnn1CCNC(C)(C)C. The predicted molar refractivity (Wildman–Crippen MR) is 75.0 cm³/mol. The molecule has 1 aromatic heterocycles. The van der Waals surface area contributed by atoms with Crippen LogP contribution in [0.4, 0.5) is 0 Å². The van der Waals surface area contributed by atoms with Gasteiger partial charge in [-0.05, 0) is 38.1 Å². The lowest BCUT2D eigenvalue weighted by molar-refractivity contribution is -0.118. The van der Waals surface area contributed by atoms with Crippen molar-refractivity contribution < 1.29 is 4.79 Å². The van der Waals surface area contributed by atoms with Crippen LogP contribution in [0.1, 0.15) is 27.7 Å². The molecule has 19 heavy (non-hydrogen) atoms. The minimum Gasteiger partial charge on any atom is -0.356 e. The Morgan fingerprint density at radius 1 is 1.42 bits per heavy atom. The number of amides is 1. The standard InChI is InChI=1S/C11H22N6OS/c1-5-12-9(18)8-19-10-14-15-16-17(10)7-6-13-11(2,3)4/h13H,5-8H2,1-4H3,(H,12,18). The van der Waals surface area contributed by atoms with Gasteiger partial charge in [0.1, 0.15) is 0 Å². The maximum absolute atomic E-state index is 11.4. The van der Waals surface area contributed by atoms with Crippen LogP contribution in [0.5, 0.6) is 0 Å². The molecule has 7 nitrogen and oxygen atoms in total. The van der Waals surface area contributed by atoms with E-state index in [-0.39, 0.29) is 11.4 Å². The van der Waals surface area contributed by atoms with E-state index in [0.717, 1.165) is 6.54 Å². The molecule has 0 aliphatic rings. The van der Waals surface area contributed by atoms with Gasteiger partial charge in [0.2, 0.25) is 11.1 Å². The van der Waals surface area contributed by atoms with Gasteiger partial charge in [0, 0.05) is 18.6 Å². The Labute approximate surface area is 117 Å². The normalized spacial score (nSPS) is 11.6. The Kier molecular flexibility index (Phi) is 6.23. The van der Waals surface area contributed by atoms with Gasteiger partial charge in [0.05, 0.1) is 12.3 Å². The van der Waals surface area contributed by atoms with E-state index in [2.05, 4.69) is 46.9 Å². The number of nitrogens with zero attached hydrogens (tertiary/aromatic N) is 4. The number of nitrogens with one attached hydrogen (secondary N) is 2. The average Bonchev–Trinajstić information content (AvgIpc) is 2.73. The zero-order valence-corrected chi connectivity index (χ0v) is 12.8. The number of tetrazole rings is 1. The summed E-state index contributed by atoms with van der Waals surface area (Å²) in [6.07, 6.45) is 0. The largest absolute Gasteiger partial charge is 0.356 e. The highest BCUT2D eigenvalue weighted by Gasteiger charge is 2.11. The van der Waals surface area contributed by atoms with Crippen LogP contribution < -0.4 is 10.6 Å².